The summed E-state index contributed by atoms with van der Waals surface area (Å²) in [4.78, 5) is 11.9. The summed E-state index contributed by atoms with van der Waals surface area (Å²) in [6.07, 6.45) is 8.76. The van der Waals surface area contributed by atoms with Gasteiger partial charge in [-0.25, -0.2) is 0 Å². The van der Waals surface area contributed by atoms with Crippen LogP contribution in [0.2, 0.25) is 0 Å². The first-order valence-electron chi connectivity index (χ1n) is 7.46. The molecular weight excluding hydrogens is 240 g/mol. The molecule has 0 aliphatic heterocycles. The maximum absolute atomic E-state index is 11.9. The molecule has 2 N–H and O–H groups in total. The molecule has 19 heavy (non-hydrogen) atoms. The monoisotopic (exact) mass is 268 g/mol. The standard InChI is InChI=1S/C15H28N2O2/c1-3-4-11-19-12-10-16-13(2)15(18)17-14-8-6-5-7-9-14/h3,13-14,16H,1,4-12H2,2H3,(H,17,18). The van der Waals surface area contributed by atoms with E-state index in [0.29, 0.717) is 25.8 Å². The predicted octanol–water partition coefficient (Wildman–Crippen LogP) is 2.01. The zero-order valence-electron chi connectivity index (χ0n) is 12.1. The fourth-order valence-corrected chi connectivity index (χ4v) is 2.28. The van der Waals surface area contributed by atoms with Crippen LogP contribution in [0.5, 0.6) is 0 Å². The highest BCUT2D eigenvalue weighted by molar-refractivity contribution is 5.81. The molecule has 0 spiro atoms. The molecule has 1 rings (SSSR count). The van der Waals surface area contributed by atoms with Crippen molar-refractivity contribution >= 4 is 5.91 Å². The second-order valence-electron chi connectivity index (χ2n) is 5.21. The Kier molecular flexibility index (Phi) is 8.50. The molecule has 1 aliphatic carbocycles. The van der Waals surface area contributed by atoms with Crippen molar-refractivity contribution in [3.8, 4) is 0 Å². The summed E-state index contributed by atoms with van der Waals surface area (Å²) in [5.74, 6) is 0.109. The summed E-state index contributed by atoms with van der Waals surface area (Å²) in [6.45, 7) is 7.58. The minimum Gasteiger partial charge on any atom is -0.380 e. The number of carbonyl (C=O) groups is 1. The molecule has 0 aromatic heterocycles. The third kappa shape index (κ3) is 7.33. The fraction of sp³-hybridized carbons (Fsp3) is 0.800. The largest absolute Gasteiger partial charge is 0.380 e. The van der Waals surface area contributed by atoms with Crippen LogP contribution < -0.4 is 10.6 Å². The lowest BCUT2D eigenvalue weighted by Gasteiger charge is -2.24. The van der Waals surface area contributed by atoms with E-state index in [2.05, 4.69) is 17.2 Å². The van der Waals surface area contributed by atoms with Crippen LogP contribution in [0, 0.1) is 0 Å². The number of hydrogen-bond donors (Lipinski definition) is 2. The van der Waals surface area contributed by atoms with Gasteiger partial charge in [-0.2, -0.15) is 0 Å². The Morgan fingerprint density at radius 1 is 1.37 bits per heavy atom. The highest BCUT2D eigenvalue weighted by Gasteiger charge is 2.18. The van der Waals surface area contributed by atoms with E-state index in [1.54, 1.807) is 0 Å². The highest BCUT2D eigenvalue weighted by atomic mass is 16.5. The van der Waals surface area contributed by atoms with Crippen molar-refractivity contribution in [1.82, 2.24) is 10.6 Å². The first-order chi connectivity index (χ1) is 9.24. The van der Waals surface area contributed by atoms with Gasteiger partial charge in [-0.15, -0.1) is 6.58 Å². The van der Waals surface area contributed by atoms with Gasteiger partial charge in [0.25, 0.3) is 0 Å². The average molecular weight is 268 g/mol. The van der Waals surface area contributed by atoms with Gasteiger partial charge in [0.05, 0.1) is 19.3 Å². The Labute approximate surface area is 117 Å². The molecule has 110 valence electrons. The first kappa shape index (κ1) is 16.2. The van der Waals surface area contributed by atoms with Crippen LogP contribution in [0.25, 0.3) is 0 Å². The van der Waals surface area contributed by atoms with E-state index in [9.17, 15) is 4.79 Å². The second-order valence-corrected chi connectivity index (χ2v) is 5.21. The number of rotatable bonds is 9. The van der Waals surface area contributed by atoms with Crippen LogP contribution in [0.4, 0.5) is 0 Å². The molecule has 0 bridgehead atoms. The van der Waals surface area contributed by atoms with Gasteiger partial charge in [0, 0.05) is 12.6 Å². The molecule has 1 unspecified atom stereocenters. The third-order valence-corrected chi connectivity index (χ3v) is 3.51. The maximum Gasteiger partial charge on any atom is 0.237 e. The summed E-state index contributed by atoms with van der Waals surface area (Å²) >= 11 is 0. The summed E-state index contributed by atoms with van der Waals surface area (Å²) in [5.41, 5.74) is 0. The SMILES string of the molecule is C=CCCOCCNC(C)C(=O)NC1CCCCC1. The van der Waals surface area contributed by atoms with Gasteiger partial charge in [0.1, 0.15) is 0 Å². The zero-order valence-corrected chi connectivity index (χ0v) is 12.1. The van der Waals surface area contributed by atoms with Gasteiger partial charge in [-0.1, -0.05) is 25.3 Å². The summed E-state index contributed by atoms with van der Waals surface area (Å²) < 4.78 is 5.39. The third-order valence-electron chi connectivity index (χ3n) is 3.51. The van der Waals surface area contributed by atoms with Crippen LogP contribution in [-0.4, -0.2) is 37.7 Å². The van der Waals surface area contributed by atoms with Crippen molar-refractivity contribution in [3.63, 3.8) is 0 Å². The topological polar surface area (TPSA) is 50.4 Å². The Morgan fingerprint density at radius 3 is 2.79 bits per heavy atom. The molecule has 1 fully saturated rings. The van der Waals surface area contributed by atoms with Crippen molar-refractivity contribution in [2.45, 2.75) is 57.5 Å². The molecule has 0 saturated heterocycles. The smallest absolute Gasteiger partial charge is 0.237 e. The molecule has 1 atom stereocenters. The number of hydrogen-bond acceptors (Lipinski definition) is 3. The molecule has 4 heteroatoms. The number of carbonyl (C=O) groups excluding carboxylic acids is 1. The quantitative estimate of drug-likeness (QED) is 0.497. The van der Waals surface area contributed by atoms with Crippen molar-refractivity contribution in [2.24, 2.45) is 0 Å². The molecule has 0 aromatic rings. The average Bonchev–Trinajstić information content (AvgIpc) is 2.43. The molecule has 1 aliphatic rings. The van der Waals surface area contributed by atoms with E-state index in [1.165, 1.54) is 19.3 Å². The van der Waals surface area contributed by atoms with Crippen LogP contribution in [0.1, 0.15) is 45.4 Å². The van der Waals surface area contributed by atoms with Crippen molar-refractivity contribution in [1.29, 1.82) is 0 Å². The highest BCUT2D eigenvalue weighted by Crippen LogP contribution is 2.17. The van der Waals surface area contributed by atoms with E-state index in [1.807, 2.05) is 13.0 Å². The van der Waals surface area contributed by atoms with Crippen LogP contribution in [0.3, 0.4) is 0 Å². The lowest BCUT2D eigenvalue weighted by molar-refractivity contribution is -0.123. The van der Waals surface area contributed by atoms with Gasteiger partial charge in [-0.05, 0) is 26.2 Å². The molecule has 1 amide bonds. The minimum atomic E-state index is -0.148. The van der Waals surface area contributed by atoms with Gasteiger partial charge < -0.3 is 15.4 Å². The maximum atomic E-state index is 11.9. The van der Waals surface area contributed by atoms with Gasteiger partial charge >= 0.3 is 0 Å². The lowest BCUT2D eigenvalue weighted by atomic mass is 9.95. The van der Waals surface area contributed by atoms with E-state index in [4.69, 9.17) is 4.74 Å². The van der Waals surface area contributed by atoms with E-state index >= 15 is 0 Å². The van der Waals surface area contributed by atoms with Gasteiger partial charge in [0.2, 0.25) is 5.91 Å². The first-order valence-corrected chi connectivity index (χ1v) is 7.46. The van der Waals surface area contributed by atoms with Crippen LogP contribution in [0.15, 0.2) is 12.7 Å². The normalized spacial score (nSPS) is 17.9. The Balaban J connectivity index is 2.05. The van der Waals surface area contributed by atoms with E-state index in [0.717, 1.165) is 19.3 Å². The van der Waals surface area contributed by atoms with Gasteiger partial charge in [0.15, 0.2) is 0 Å². The van der Waals surface area contributed by atoms with Crippen LogP contribution >= 0.6 is 0 Å². The Morgan fingerprint density at radius 2 is 2.11 bits per heavy atom. The summed E-state index contributed by atoms with van der Waals surface area (Å²) in [7, 11) is 0. The number of ether oxygens (including phenoxy) is 1. The molecule has 0 radical (unpaired) electrons. The molecule has 1 saturated carbocycles. The fourth-order valence-electron chi connectivity index (χ4n) is 2.28. The molecule has 0 heterocycles. The van der Waals surface area contributed by atoms with Crippen LogP contribution in [-0.2, 0) is 9.53 Å². The Bertz CT molecular complexity index is 263. The molecule has 0 aromatic carbocycles. The molecular formula is C15H28N2O2. The molecule has 4 nitrogen and oxygen atoms in total. The lowest BCUT2D eigenvalue weighted by Crippen LogP contribution is -2.47. The van der Waals surface area contributed by atoms with E-state index < -0.39 is 0 Å². The zero-order chi connectivity index (χ0) is 13.9. The summed E-state index contributed by atoms with van der Waals surface area (Å²) in [6, 6.07) is 0.235. The van der Waals surface area contributed by atoms with E-state index in [-0.39, 0.29) is 11.9 Å². The minimum absolute atomic E-state index is 0.109. The second kappa shape index (κ2) is 9.98. The van der Waals surface area contributed by atoms with Crippen molar-refractivity contribution in [3.05, 3.63) is 12.7 Å². The van der Waals surface area contributed by atoms with Crippen molar-refractivity contribution in [2.75, 3.05) is 19.8 Å². The van der Waals surface area contributed by atoms with Crippen molar-refractivity contribution < 1.29 is 9.53 Å². The number of amides is 1. The van der Waals surface area contributed by atoms with Gasteiger partial charge in [-0.3, -0.25) is 4.79 Å². The Hall–Kier alpha value is -0.870. The predicted molar refractivity (Wildman–Crippen MR) is 78.1 cm³/mol. The summed E-state index contributed by atoms with van der Waals surface area (Å²) in [5, 5.41) is 6.31. The number of nitrogens with one attached hydrogen (secondary N) is 2.